The highest BCUT2D eigenvalue weighted by Crippen LogP contribution is 2.27. The molecule has 1 aliphatic heterocycles. The molecule has 144 valence electrons. The van der Waals surface area contributed by atoms with Gasteiger partial charge in [-0.15, -0.1) is 10.2 Å². The van der Waals surface area contributed by atoms with Gasteiger partial charge in [-0.05, 0) is 44.2 Å². The molecule has 0 spiro atoms. The van der Waals surface area contributed by atoms with Crippen LogP contribution < -0.4 is 0 Å². The zero-order chi connectivity index (χ0) is 19.8. The van der Waals surface area contributed by atoms with Gasteiger partial charge in [0, 0.05) is 17.2 Å². The first-order valence-corrected chi connectivity index (χ1v) is 8.94. The zero-order valence-electron chi connectivity index (χ0n) is 15.5. The number of benzene rings is 2. The highest BCUT2D eigenvalue weighted by Gasteiger charge is 2.25. The minimum Gasteiger partial charge on any atom is -0.313 e. The minimum atomic E-state index is -0.452. The molecule has 2 aromatic carbocycles. The van der Waals surface area contributed by atoms with Crippen LogP contribution in [0.2, 0.25) is 0 Å². The summed E-state index contributed by atoms with van der Waals surface area (Å²) in [4.78, 5) is 4.52. The summed E-state index contributed by atoms with van der Waals surface area (Å²) >= 11 is 0. The first-order chi connectivity index (χ1) is 13.5. The summed E-state index contributed by atoms with van der Waals surface area (Å²) in [5.74, 6) is 0.137. The number of halogens is 2. The van der Waals surface area contributed by atoms with Gasteiger partial charge in [-0.1, -0.05) is 12.1 Å². The molecule has 4 rings (SSSR count). The largest absolute Gasteiger partial charge is 0.313 e. The number of fused-ring (bicyclic) bond motifs is 3. The van der Waals surface area contributed by atoms with E-state index < -0.39 is 11.6 Å². The maximum absolute atomic E-state index is 14.4. The third-order valence-corrected chi connectivity index (χ3v) is 4.66. The van der Waals surface area contributed by atoms with Gasteiger partial charge in [0.2, 0.25) is 0 Å². The molecule has 2 heterocycles. The van der Waals surface area contributed by atoms with Crippen LogP contribution in [0.1, 0.15) is 36.6 Å². The second-order valence-electron chi connectivity index (χ2n) is 6.87. The molecular weight excluding hydrogens is 364 g/mol. The van der Waals surface area contributed by atoms with E-state index in [0.29, 0.717) is 34.2 Å². The van der Waals surface area contributed by atoms with E-state index in [1.807, 2.05) is 13.8 Å². The molecular formula is C20H19F2N5O. The number of aromatic nitrogens is 3. The van der Waals surface area contributed by atoms with Gasteiger partial charge in [0.1, 0.15) is 18.2 Å². The fraction of sp³-hybridized carbons (Fsp3) is 0.250. The van der Waals surface area contributed by atoms with Crippen LogP contribution in [0.3, 0.4) is 0 Å². The van der Waals surface area contributed by atoms with Gasteiger partial charge in [-0.3, -0.25) is 9.56 Å². The highest BCUT2D eigenvalue weighted by molar-refractivity contribution is 6.15. The lowest BCUT2D eigenvalue weighted by atomic mass is 10.00. The lowest BCUT2D eigenvalue weighted by molar-refractivity contribution is -0.127. The lowest BCUT2D eigenvalue weighted by Crippen LogP contribution is -2.28. The standard InChI is InChI=1S/C20H19F2N5O/c1-12(2)26(28)11-19-25-24-18-10-23-20(14-5-3-4-6-16(14)22)15-9-13(21)7-8-17(15)27(18)19/h3-9,12,28H,10-11H2,1-2H3. The molecule has 6 nitrogen and oxygen atoms in total. The van der Waals surface area contributed by atoms with Gasteiger partial charge in [0.05, 0.1) is 17.9 Å². The molecule has 0 unspecified atom stereocenters. The maximum atomic E-state index is 14.4. The van der Waals surface area contributed by atoms with Crippen LogP contribution in [0.5, 0.6) is 0 Å². The molecule has 0 aliphatic carbocycles. The van der Waals surface area contributed by atoms with Crippen molar-refractivity contribution >= 4 is 5.71 Å². The molecule has 0 fully saturated rings. The topological polar surface area (TPSA) is 66.5 Å². The van der Waals surface area contributed by atoms with Gasteiger partial charge < -0.3 is 5.21 Å². The van der Waals surface area contributed by atoms with Gasteiger partial charge in [-0.2, -0.15) is 5.06 Å². The maximum Gasteiger partial charge on any atom is 0.159 e. The number of aliphatic imine (C=N–C) groups is 1. The molecule has 1 aromatic heterocycles. The molecule has 0 amide bonds. The number of hydrogen-bond acceptors (Lipinski definition) is 5. The zero-order valence-corrected chi connectivity index (χ0v) is 15.5. The Morgan fingerprint density at radius 1 is 1.11 bits per heavy atom. The van der Waals surface area contributed by atoms with Crippen LogP contribution in [0.25, 0.3) is 5.69 Å². The van der Waals surface area contributed by atoms with E-state index in [9.17, 15) is 14.0 Å². The van der Waals surface area contributed by atoms with Crippen molar-refractivity contribution < 1.29 is 14.0 Å². The van der Waals surface area contributed by atoms with Gasteiger partial charge in [-0.25, -0.2) is 8.78 Å². The SMILES string of the molecule is CC(C)N(O)Cc1nnc2n1-c1ccc(F)cc1C(c1ccccc1F)=NC2. The predicted molar refractivity (Wildman–Crippen MR) is 99.5 cm³/mol. The number of rotatable bonds is 4. The molecule has 0 atom stereocenters. The lowest BCUT2D eigenvalue weighted by Gasteiger charge is -2.19. The Morgan fingerprint density at radius 2 is 1.89 bits per heavy atom. The summed E-state index contributed by atoms with van der Waals surface area (Å²) in [5.41, 5.74) is 1.68. The fourth-order valence-corrected chi connectivity index (χ4v) is 3.18. The van der Waals surface area contributed by atoms with Crippen molar-refractivity contribution in [1.29, 1.82) is 0 Å². The van der Waals surface area contributed by atoms with E-state index >= 15 is 0 Å². The monoisotopic (exact) mass is 383 g/mol. The van der Waals surface area contributed by atoms with Crippen LogP contribution >= 0.6 is 0 Å². The van der Waals surface area contributed by atoms with E-state index in [2.05, 4.69) is 15.2 Å². The predicted octanol–water partition coefficient (Wildman–Crippen LogP) is 3.50. The Bertz CT molecular complexity index is 1060. The number of hydrogen-bond donors (Lipinski definition) is 1. The van der Waals surface area contributed by atoms with Crippen molar-refractivity contribution in [3.05, 3.63) is 76.9 Å². The summed E-state index contributed by atoms with van der Waals surface area (Å²) < 4.78 is 30.3. The quantitative estimate of drug-likeness (QED) is 0.701. The van der Waals surface area contributed by atoms with E-state index in [1.165, 1.54) is 18.2 Å². The Labute approximate surface area is 160 Å². The molecule has 0 saturated heterocycles. The van der Waals surface area contributed by atoms with E-state index in [1.54, 1.807) is 28.8 Å². The van der Waals surface area contributed by atoms with Crippen molar-refractivity contribution in [2.45, 2.75) is 33.0 Å². The summed E-state index contributed by atoms with van der Waals surface area (Å²) in [6, 6.07) is 10.4. The molecule has 1 N–H and O–H groups in total. The van der Waals surface area contributed by atoms with E-state index in [0.717, 1.165) is 5.06 Å². The van der Waals surface area contributed by atoms with E-state index in [4.69, 9.17) is 0 Å². The molecule has 28 heavy (non-hydrogen) atoms. The summed E-state index contributed by atoms with van der Waals surface area (Å²) in [5, 5.41) is 19.6. The van der Waals surface area contributed by atoms with Crippen LogP contribution in [-0.4, -0.2) is 36.8 Å². The highest BCUT2D eigenvalue weighted by atomic mass is 19.1. The molecule has 0 bridgehead atoms. The minimum absolute atomic E-state index is 0.114. The average Bonchev–Trinajstić information content (AvgIpc) is 2.98. The Hall–Kier alpha value is -2.97. The third kappa shape index (κ3) is 3.21. The van der Waals surface area contributed by atoms with Crippen molar-refractivity contribution in [3.8, 4) is 5.69 Å². The van der Waals surface area contributed by atoms with E-state index in [-0.39, 0.29) is 19.1 Å². The molecule has 3 aromatic rings. The molecule has 0 radical (unpaired) electrons. The second kappa shape index (κ2) is 7.21. The molecule has 8 heteroatoms. The van der Waals surface area contributed by atoms with Gasteiger partial charge in [0.25, 0.3) is 0 Å². The van der Waals surface area contributed by atoms with Gasteiger partial charge in [0.15, 0.2) is 11.6 Å². The Kier molecular flexibility index (Phi) is 4.74. The first-order valence-electron chi connectivity index (χ1n) is 8.94. The molecule has 1 aliphatic rings. The summed E-state index contributed by atoms with van der Waals surface area (Å²) in [6.45, 7) is 3.99. The first kappa shape index (κ1) is 18.4. The van der Waals surface area contributed by atoms with Crippen molar-refractivity contribution in [2.24, 2.45) is 4.99 Å². The average molecular weight is 383 g/mol. The number of nitrogens with zero attached hydrogens (tertiary/aromatic N) is 5. The van der Waals surface area contributed by atoms with Crippen LogP contribution in [0.15, 0.2) is 47.5 Å². The summed E-state index contributed by atoms with van der Waals surface area (Å²) in [6.07, 6.45) is 0. The van der Waals surface area contributed by atoms with Crippen molar-refractivity contribution in [3.63, 3.8) is 0 Å². The van der Waals surface area contributed by atoms with Crippen LogP contribution in [0.4, 0.5) is 8.78 Å². The Morgan fingerprint density at radius 3 is 2.64 bits per heavy atom. The van der Waals surface area contributed by atoms with Crippen molar-refractivity contribution in [2.75, 3.05) is 0 Å². The fourth-order valence-electron chi connectivity index (χ4n) is 3.18. The van der Waals surface area contributed by atoms with Crippen LogP contribution in [-0.2, 0) is 13.1 Å². The van der Waals surface area contributed by atoms with Gasteiger partial charge >= 0.3 is 0 Å². The normalized spacial score (nSPS) is 13.3. The smallest absolute Gasteiger partial charge is 0.159 e. The Balaban J connectivity index is 1.89. The second-order valence-corrected chi connectivity index (χ2v) is 6.87. The van der Waals surface area contributed by atoms with Crippen LogP contribution in [0, 0.1) is 11.6 Å². The van der Waals surface area contributed by atoms with Crippen molar-refractivity contribution in [1.82, 2.24) is 19.8 Å². The number of hydroxylamine groups is 2. The summed E-state index contributed by atoms with van der Waals surface area (Å²) in [7, 11) is 0. The third-order valence-electron chi connectivity index (χ3n) is 4.66. The molecule has 0 saturated carbocycles.